The normalized spacial score (nSPS) is 21.8. The molecule has 1 unspecified atom stereocenters. The van der Waals surface area contributed by atoms with Gasteiger partial charge in [-0.1, -0.05) is 29.8 Å². The largest absolute Gasteiger partial charge is 0.252 e. The Kier molecular flexibility index (Phi) is 5.23. The summed E-state index contributed by atoms with van der Waals surface area (Å²) in [7, 11) is -7.50. The smallest absolute Gasteiger partial charge is 0.228 e. The molecule has 0 aliphatic carbocycles. The molecule has 10 heteroatoms. The maximum absolute atomic E-state index is 14.0. The van der Waals surface area contributed by atoms with E-state index in [1.54, 1.807) is 6.07 Å². The molecule has 1 aliphatic rings. The lowest BCUT2D eigenvalue weighted by Gasteiger charge is -2.18. The van der Waals surface area contributed by atoms with Crippen LogP contribution in [0.1, 0.15) is 17.2 Å². The van der Waals surface area contributed by atoms with Crippen LogP contribution in [0.2, 0.25) is 4.34 Å². The second-order valence-electron chi connectivity index (χ2n) is 5.63. The fraction of sp³-hybridized carbons (Fsp3) is 0.333. The first-order valence-electron chi connectivity index (χ1n) is 7.43. The second kappa shape index (κ2) is 6.96. The molecule has 1 saturated heterocycles. The van der Waals surface area contributed by atoms with Gasteiger partial charge in [-0.3, -0.25) is 0 Å². The van der Waals surface area contributed by atoms with Crippen LogP contribution in [0.5, 0.6) is 0 Å². The summed E-state index contributed by atoms with van der Waals surface area (Å²) < 4.78 is 66.1. The van der Waals surface area contributed by atoms with Gasteiger partial charge in [-0.25, -0.2) is 21.2 Å². The Balaban J connectivity index is 1.92. The van der Waals surface area contributed by atoms with Crippen molar-refractivity contribution in [3.8, 4) is 0 Å². The molecule has 0 N–H and O–H groups in total. The van der Waals surface area contributed by atoms with Crippen LogP contribution in [0.4, 0.5) is 4.39 Å². The lowest BCUT2D eigenvalue weighted by Crippen LogP contribution is -2.33. The summed E-state index contributed by atoms with van der Waals surface area (Å²) in [5, 5.41) is -1.05. The van der Waals surface area contributed by atoms with E-state index in [1.165, 1.54) is 30.3 Å². The van der Waals surface area contributed by atoms with E-state index in [4.69, 9.17) is 11.6 Å². The van der Waals surface area contributed by atoms with Gasteiger partial charge in [0.05, 0.1) is 15.3 Å². The molecule has 25 heavy (non-hydrogen) atoms. The Bertz CT molecular complexity index is 988. The average molecular weight is 424 g/mol. The van der Waals surface area contributed by atoms with Gasteiger partial charge in [0, 0.05) is 18.7 Å². The Hall–Kier alpha value is -1.00. The molecule has 0 bridgehead atoms. The standard InChI is InChI=1S/C15H15ClFNO4S3/c16-14-5-6-15(23-14)25(21,22)18-8-7-13(24(19,20)10-9-18)11-3-1-2-4-12(11)17/h1-6,13H,7-10H2. The van der Waals surface area contributed by atoms with Gasteiger partial charge in [0.1, 0.15) is 10.0 Å². The van der Waals surface area contributed by atoms with E-state index in [0.717, 1.165) is 15.6 Å². The molecule has 2 aromatic rings. The number of sulfonamides is 1. The Morgan fingerprint density at radius 3 is 2.52 bits per heavy atom. The molecular weight excluding hydrogens is 409 g/mol. The third-order valence-corrected chi connectivity index (χ3v) is 9.80. The van der Waals surface area contributed by atoms with Gasteiger partial charge < -0.3 is 0 Å². The molecule has 3 rings (SSSR count). The first kappa shape index (κ1) is 18.8. The lowest BCUT2D eigenvalue weighted by molar-refractivity contribution is 0.428. The van der Waals surface area contributed by atoms with Crippen LogP contribution in [0.15, 0.2) is 40.6 Å². The molecule has 1 fully saturated rings. The molecule has 1 atom stereocenters. The third kappa shape index (κ3) is 3.75. The summed E-state index contributed by atoms with van der Waals surface area (Å²) >= 11 is 6.72. The molecule has 0 amide bonds. The zero-order valence-electron chi connectivity index (χ0n) is 12.9. The summed E-state index contributed by atoms with van der Waals surface area (Å²) in [5.74, 6) is -0.956. The van der Waals surface area contributed by atoms with Gasteiger partial charge >= 0.3 is 0 Å². The molecule has 0 saturated carbocycles. The molecular formula is C15H15ClFNO4S3. The van der Waals surface area contributed by atoms with Crippen molar-refractivity contribution in [1.29, 1.82) is 0 Å². The molecule has 1 aliphatic heterocycles. The van der Waals surface area contributed by atoms with E-state index in [-0.39, 0.29) is 35.0 Å². The van der Waals surface area contributed by atoms with Crippen LogP contribution in [0, 0.1) is 5.82 Å². The average Bonchev–Trinajstić information content (AvgIpc) is 2.91. The zero-order chi connectivity index (χ0) is 18.2. The van der Waals surface area contributed by atoms with Crippen LogP contribution in [0.3, 0.4) is 0 Å². The fourth-order valence-electron chi connectivity index (χ4n) is 2.81. The van der Waals surface area contributed by atoms with Crippen molar-refractivity contribution in [2.45, 2.75) is 15.9 Å². The van der Waals surface area contributed by atoms with E-state index in [2.05, 4.69) is 0 Å². The quantitative estimate of drug-likeness (QED) is 0.760. The summed E-state index contributed by atoms with van der Waals surface area (Å²) in [4.78, 5) is 0. The second-order valence-corrected chi connectivity index (χ2v) is 11.8. The SMILES string of the molecule is O=S1(=O)CCN(S(=O)(=O)c2ccc(Cl)s2)CCC1c1ccccc1F. The number of rotatable bonds is 3. The highest BCUT2D eigenvalue weighted by atomic mass is 35.5. The van der Waals surface area contributed by atoms with Gasteiger partial charge in [-0.05, 0) is 24.6 Å². The van der Waals surface area contributed by atoms with E-state index in [1.807, 2.05) is 0 Å². The minimum Gasteiger partial charge on any atom is -0.228 e. The number of halogens is 2. The summed E-state index contributed by atoms with van der Waals surface area (Å²) in [6, 6.07) is 8.57. The molecule has 1 aromatic carbocycles. The third-order valence-electron chi connectivity index (χ3n) is 4.09. The maximum Gasteiger partial charge on any atom is 0.252 e. The van der Waals surface area contributed by atoms with Gasteiger partial charge in [-0.15, -0.1) is 11.3 Å². The number of benzene rings is 1. The molecule has 2 heterocycles. The predicted octanol–water partition coefficient (Wildman–Crippen LogP) is 3.09. The number of sulfone groups is 1. The molecule has 0 spiro atoms. The van der Waals surface area contributed by atoms with Crippen LogP contribution < -0.4 is 0 Å². The van der Waals surface area contributed by atoms with E-state index < -0.39 is 30.9 Å². The highest BCUT2D eigenvalue weighted by Crippen LogP contribution is 2.34. The van der Waals surface area contributed by atoms with Crippen molar-refractivity contribution in [2.75, 3.05) is 18.8 Å². The Labute approximate surface area is 155 Å². The first-order valence-corrected chi connectivity index (χ1v) is 11.8. The highest BCUT2D eigenvalue weighted by Gasteiger charge is 2.37. The number of thiophene rings is 1. The summed E-state index contributed by atoms with van der Waals surface area (Å²) in [6.45, 7) is -0.165. The van der Waals surface area contributed by atoms with Gasteiger partial charge in [-0.2, -0.15) is 4.31 Å². The topological polar surface area (TPSA) is 71.5 Å². The minimum absolute atomic E-state index is 0.00159. The van der Waals surface area contributed by atoms with Crippen molar-refractivity contribution in [1.82, 2.24) is 4.31 Å². The van der Waals surface area contributed by atoms with Crippen molar-refractivity contribution in [3.05, 3.63) is 52.1 Å². The van der Waals surface area contributed by atoms with Gasteiger partial charge in [0.2, 0.25) is 0 Å². The number of nitrogens with zero attached hydrogens (tertiary/aromatic N) is 1. The predicted molar refractivity (Wildman–Crippen MR) is 95.6 cm³/mol. The van der Waals surface area contributed by atoms with Crippen molar-refractivity contribution < 1.29 is 21.2 Å². The first-order chi connectivity index (χ1) is 11.7. The van der Waals surface area contributed by atoms with E-state index in [0.29, 0.717) is 4.34 Å². The Morgan fingerprint density at radius 2 is 1.88 bits per heavy atom. The molecule has 1 aromatic heterocycles. The summed E-state index contributed by atoms with van der Waals surface area (Å²) in [6.07, 6.45) is 0.00159. The van der Waals surface area contributed by atoms with Crippen LogP contribution in [-0.4, -0.2) is 40.0 Å². The van der Waals surface area contributed by atoms with Gasteiger partial charge in [0.25, 0.3) is 10.0 Å². The van der Waals surface area contributed by atoms with Gasteiger partial charge in [0.15, 0.2) is 9.84 Å². The highest BCUT2D eigenvalue weighted by molar-refractivity contribution is 7.92. The minimum atomic E-state index is -3.82. The number of hydrogen-bond donors (Lipinski definition) is 0. The monoisotopic (exact) mass is 423 g/mol. The molecule has 136 valence electrons. The van der Waals surface area contributed by atoms with Crippen LogP contribution >= 0.6 is 22.9 Å². The van der Waals surface area contributed by atoms with E-state index in [9.17, 15) is 21.2 Å². The van der Waals surface area contributed by atoms with Crippen molar-refractivity contribution in [2.24, 2.45) is 0 Å². The Morgan fingerprint density at radius 1 is 1.16 bits per heavy atom. The zero-order valence-corrected chi connectivity index (χ0v) is 16.1. The summed E-state index contributed by atoms with van der Waals surface area (Å²) in [5.41, 5.74) is 0.0842. The molecule has 0 radical (unpaired) electrons. The van der Waals surface area contributed by atoms with E-state index >= 15 is 0 Å². The van der Waals surface area contributed by atoms with Crippen LogP contribution in [-0.2, 0) is 19.9 Å². The van der Waals surface area contributed by atoms with Crippen molar-refractivity contribution >= 4 is 42.8 Å². The fourth-order valence-corrected chi connectivity index (χ4v) is 7.82. The van der Waals surface area contributed by atoms with Crippen molar-refractivity contribution in [3.63, 3.8) is 0 Å². The maximum atomic E-state index is 14.0. The number of hydrogen-bond acceptors (Lipinski definition) is 5. The lowest BCUT2D eigenvalue weighted by atomic mass is 10.1. The molecule has 5 nitrogen and oxygen atoms in total. The van der Waals surface area contributed by atoms with Crippen LogP contribution in [0.25, 0.3) is 0 Å².